The molecule has 4 nitrogen and oxygen atoms in total. The van der Waals surface area contributed by atoms with Gasteiger partial charge >= 0.3 is 6.18 Å². The fourth-order valence-electron chi connectivity index (χ4n) is 3.82. The van der Waals surface area contributed by atoms with Gasteiger partial charge in [0.05, 0.1) is 11.7 Å². The van der Waals surface area contributed by atoms with Crippen molar-refractivity contribution in [3.05, 3.63) is 52.6 Å². The van der Waals surface area contributed by atoms with E-state index in [-0.39, 0.29) is 24.2 Å². The van der Waals surface area contributed by atoms with E-state index in [0.717, 1.165) is 30.9 Å². The summed E-state index contributed by atoms with van der Waals surface area (Å²) < 4.78 is 51.2. The molecule has 1 aromatic heterocycles. The minimum absolute atomic E-state index is 0.0353. The topological polar surface area (TPSA) is 48.2 Å². The van der Waals surface area contributed by atoms with Crippen LogP contribution in [0, 0.1) is 0 Å². The van der Waals surface area contributed by atoms with Crippen LogP contribution in [0.15, 0.2) is 40.1 Å². The van der Waals surface area contributed by atoms with Crippen LogP contribution in [0.2, 0.25) is 0 Å². The van der Waals surface area contributed by atoms with Crippen molar-refractivity contribution in [2.75, 3.05) is 0 Å². The van der Waals surface area contributed by atoms with Crippen molar-refractivity contribution in [2.45, 2.75) is 58.2 Å². The maximum absolute atomic E-state index is 13.5. The number of fused-ring (bicyclic) bond motifs is 1. The van der Waals surface area contributed by atoms with E-state index in [9.17, 15) is 13.2 Å². The van der Waals surface area contributed by atoms with Gasteiger partial charge in [-0.3, -0.25) is 0 Å². The second-order valence-electron chi connectivity index (χ2n) is 7.39. The van der Waals surface area contributed by atoms with Crippen molar-refractivity contribution >= 4 is 5.57 Å². The lowest BCUT2D eigenvalue weighted by Crippen LogP contribution is -2.18. The summed E-state index contributed by atoms with van der Waals surface area (Å²) in [6.07, 6.45) is -0.176. The summed E-state index contributed by atoms with van der Waals surface area (Å²) >= 11 is 0. The smallest absolute Gasteiger partial charge is 0.419 e. The van der Waals surface area contributed by atoms with Gasteiger partial charge in [-0.25, -0.2) is 0 Å². The van der Waals surface area contributed by atoms with Gasteiger partial charge in [0, 0.05) is 17.6 Å². The molecule has 2 aromatic rings. The van der Waals surface area contributed by atoms with Crippen LogP contribution in [0.5, 0.6) is 0 Å². The van der Waals surface area contributed by atoms with Crippen LogP contribution in [-0.2, 0) is 17.6 Å². The van der Waals surface area contributed by atoms with Gasteiger partial charge in [-0.15, -0.1) is 0 Å². The molecule has 28 heavy (non-hydrogen) atoms. The number of ether oxygens (including phenoxy) is 1. The summed E-state index contributed by atoms with van der Waals surface area (Å²) in [5.74, 6) is 0.527. The van der Waals surface area contributed by atoms with Gasteiger partial charge < -0.3 is 9.26 Å². The average Bonchev–Trinajstić information content (AvgIpc) is 3.30. The minimum Gasteiger partial charge on any atom is -0.495 e. The van der Waals surface area contributed by atoms with Crippen LogP contribution < -0.4 is 0 Å². The zero-order valence-electron chi connectivity index (χ0n) is 15.8. The summed E-state index contributed by atoms with van der Waals surface area (Å²) in [5.41, 5.74) is 2.99. The van der Waals surface area contributed by atoms with E-state index in [2.05, 4.69) is 16.2 Å². The van der Waals surface area contributed by atoms with Crippen molar-refractivity contribution in [3.63, 3.8) is 0 Å². The first kappa shape index (κ1) is 18.8. The SMILES string of the molecule is CC(C)OC1=C(C(F)(F)F)C=C(c2nc(-c3cccc4c3CCC4)no2)CC1. The van der Waals surface area contributed by atoms with Crippen LogP contribution in [0.25, 0.3) is 17.0 Å². The summed E-state index contributed by atoms with van der Waals surface area (Å²) in [7, 11) is 0. The van der Waals surface area contributed by atoms with Gasteiger partial charge in [0.1, 0.15) is 5.76 Å². The van der Waals surface area contributed by atoms with Crippen molar-refractivity contribution in [2.24, 2.45) is 0 Å². The molecule has 0 saturated heterocycles. The number of benzene rings is 1. The molecule has 4 rings (SSSR count). The van der Waals surface area contributed by atoms with E-state index in [1.807, 2.05) is 12.1 Å². The van der Waals surface area contributed by atoms with Gasteiger partial charge in [0.2, 0.25) is 5.82 Å². The Morgan fingerprint density at radius 3 is 2.68 bits per heavy atom. The Morgan fingerprint density at radius 2 is 1.93 bits per heavy atom. The number of allylic oxidation sites excluding steroid dienone is 4. The molecule has 0 N–H and O–H groups in total. The molecule has 0 unspecified atom stereocenters. The maximum atomic E-state index is 13.5. The molecule has 0 radical (unpaired) electrons. The van der Waals surface area contributed by atoms with E-state index >= 15 is 0 Å². The Bertz CT molecular complexity index is 955. The van der Waals surface area contributed by atoms with Crippen LogP contribution in [0.3, 0.4) is 0 Å². The van der Waals surface area contributed by atoms with Crippen LogP contribution in [0.1, 0.15) is 50.1 Å². The van der Waals surface area contributed by atoms with Gasteiger partial charge in [-0.1, -0.05) is 23.4 Å². The first-order valence-electron chi connectivity index (χ1n) is 9.45. The summed E-state index contributed by atoms with van der Waals surface area (Å²) in [6.45, 7) is 3.42. The van der Waals surface area contributed by atoms with Crippen molar-refractivity contribution in [1.82, 2.24) is 10.1 Å². The first-order valence-corrected chi connectivity index (χ1v) is 9.45. The van der Waals surface area contributed by atoms with E-state index < -0.39 is 11.7 Å². The molecule has 0 aliphatic heterocycles. The number of aromatic nitrogens is 2. The van der Waals surface area contributed by atoms with Gasteiger partial charge in [-0.2, -0.15) is 18.2 Å². The van der Waals surface area contributed by atoms with E-state index in [1.54, 1.807) is 13.8 Å². The largest absolute Gasteiger partial charge is 0.495 e. The van der Waals surface area contributed by atoms with Gasteiger partial charge in [0.15, 0.2) is 0 Å². The Labute approximate surface area is 161 Å². The zero-order chi connectivity index (χ0) is 19.9. The normalized spacial score (nSPS) is 17.1. The molecule has 1 aromatic carbocycles. The Morgan fingerprint density at radius 1 is 1.11 bits per heavy atom. The molecule has 0 fully saturated rings. The van der Waals surface area contributed by atoms with Crippen molar-refractivity contribution in [1.29, 1.82) is 0 Å². The second-order valence-corrected chi connectivity index (χ2v) is 7.39. The Kier molecular flexibility index (Phi) is 4.77. The predicted octanol–water partition coefficient (Wildman–Crippen LogP) is 5.64. The highest BCUT2D eigenvalue weighted by molar-refractivity contribution is 5.68. The van der Waals surface area contributed by atoms with E-state index in [1.165, 1.54) is 11.1 Å². The number of hydrogen-bond donors (Lipinski definition) is 0. The fraction of sp³-hybridized carbons (Fsp3) is 0.429. The third-order valence-electron chi connectivity index (χ3n) is 5.01. The molecule has 0 atom stereocenters. The second kappa shape index (κ2) is 7.11. The monoisotopic (exact) mass is 390 g/mol. The molecule has 2 aliphatic carbocycles. The highest BCUT2D eigenvalue weighted by Gasteiger charge is 2.38. The molecular weight excluding hydrogens is 369 g/mol. The van der Waals surface area contributed by atoms with E-state index in [0.29, 0.717) is 17.8 Å². The fourth-order valence-corrected chi connectivity index (χ4v) is 3.82. The molecule has 0 bridgehead atoms. The molecule has 2 aliphatic rings. The lowest BCUT2D eigenvalue weighted by Gasteiger charge is -2.22. The molecule has 1 heterocycles. The standard InChI is InChI=1S/C21H21F3N2O2/c1-12(2)27-18-10-9-14(11-17(18)21(22,23)24)20-25-19(26-28-20)16-8-4-6-13-5-3-7-15(13)16/h4,6,8,11-12H,3,5,7,9-10H2,1-2H3. The molecule has 0 saturated carbocycles. The molecule has 148 valence electrons. The summed E-state index contributed by atoms with van der Waals surface area (Å²) in [6, 6.07) is 5.98. The number of halogens is 3. The van der Waals surface area contributed by atoms with Crippen LogP contribution in [-0.4, -0.2) is 22.4 Å². The Hall–Kier alpha value is -2.57. The molecule has 0 spiro atoms. The highest BCUT2D eigenvalue weighted by Crippen LogP contribution is 2.40. The molecule has 7 heteroatoms. The van der Waals surface area contributed by atoms with Gasteiger partial charge in [-0.05, 0) is 56.7 Å². The number of nitrogens with zero attached hydrogens (tertiary/aromatic N) is 2. The van der Waals surface area contributed by atoms with Crippen LogP contribution >= 0.6 is 0 Å². The summed E-state index contributed by atoms with van der Waals surface area (Å²) in [5, 5.41) is 4.04. The molecular formula is C21H21F3N2O2. The van der Waals surface area contributed by atoms with Gasteiger partial charge in [0.25, 0.3) is 5.89 Å². The maximum Gasteiger partial charge on any atom is 0.419 e. The summed E-state index contributed by atoms with van der Waals surface area (Å²) in [4.78, 5) is 4.41. The van der Waals surface area contributed by atoms with Crippen molar-refractivity contribution in [3.8, 4) is 11.4 Å². The minimum atomic E-state index is -4.50. The first-order chi connectivity index (χ1) is 13.3. The quantitative estimate of drug-likeness (QED) is 0.677. The average molecular weight is 390 g/mol. The van der Waals surface area contributed by atoms with E-state index in [4.69, 9.17) is 9.26 Å². The number of rotatable bonds is 4. The van der Waals surface area contributed by atoms with Crippen molar-refractivity contribution < 1.29 is 22.4 Å². The lowest BCUT2D eigenvalue weighted by molar-refractivity contribution is -0.0929. The molecule has 0 amide bonds. The predicted molar refractivity (Wildman–Crippen MR) is 98.3 cm³/mol. The third-order valence-corrected chi connectivity index (χ3v) is 5.01. The highest BCUT2D eigenvalue weighted by atomic mass is 19.4. The third kappa shape index (κ3) is 3.57. The number of alkyl halides is 3. The Balaban J connectivity index is 1.69. The zero-order valence-corrected chi connectivity index (χ0v) is 15.8. The number of aryl methyl sites for hydroxylation is 1. The lowest BCUT2D eigenvalue weighted by atomic mass is 9.97. The number of hydrogen-bond acceptors (Lipinski definition) is 4. The van der Waals surface area contributed by atoms with Crippen LogP contribution in [0.4, 0.5) is 13.2 Å².